The van der Waals surface area contributed by atoms with Crippen LogP contribution in [0.3, 0.4) is 0 Å². The van der Waals surface area contributed by atoms with Crippen LogP contribution >= 0.6 is 50.7 Å². The molecule has 1 heterocycles. The summed E-state index contributed by atoms with van der Waals surface area (Å²) in [6, 6.07) is 15.9. The van der Waals surface area contributed by atoms with Gasteiger partial charge < -0.3 is 14.2 Å². The van der Waals surface area contributed by atoms with Gasteiger partial charge in [0.25, 0.3) is 0 Å². The van der Waals surface area contributed by atoms with Gasteiger partial charge in [-0.2, -0.15) is 0 Å². The molecule has 0 N–H and O–H groups in total. The van der Waals surface area contributed by atoms with Gasteiger partial charge >= 0.3 is 5.97 Å². The highest BCUT2D eigenvalue weighted by Gasteiger charge is 2.24. The lowest BCUT2D eigenvalue weighted by atomic mass is 10.1. The highest BCUT2D eigenvalue weighted by molar-refractivity contribution is 9.10. The number of benzene rings is 3. The van der Waals surface area contributed by atoms with E-state index in [4.69, 9.17) is 49.0 Å². The molecule has 0 saturated heterocycles. The molecule has 1 aliphatic heterocycles. The van der Waals surface area contributed by atoms with Crippen molar-refractivity contribution in [2.24, 2.45) is 4.99 Å². The lowest BCUT2D eigenvalue weighted by Crippen LogP contribution is -2.05. The molecule has 0 aliphatic carbocycles. The van der Waals surface area contributed by atoms with Gasteiger partial charge in [0.1, 0.15) is 6.61 Å². The number of carbonyl (C=O) groups excluding carboxylic acids is 1. The van der Waals surface area contributed by atoms with Gasteiger partial charge in [-0.3, -0.25) is 0 Å². The minimum Gasteiger partial charge on any atom is -0.493 e. The molecule has 0 radical (unpaired) electrons. The molecule has 0 bridgehead atoms. The minimum atomic E-state index is -0.553. The van der Waals surface area contributed by atoms with Crippen molar-refractivity contribution < 1.29 is 19.0 Å². The highest BCUT2D eigenvalue weighted by Crippen LogP contribution is 2.38. The first kappa shape index (κ1) is 23.6. The van der Waals surface area contributed by atoms with Crippen LogP contribution in [-0.4, -0.2) is 19.0 Å². The van der Waals surface area contributed by atoms with E-state index in [0.717, 1.165) is 10.0 Å². The molecule has 0 atom stereocenters. The van der Waals surface area contributed by atoms with Crippen LogP contribution in [0.2, 0.25) is 15.1 Å². The van der Waals surface area contributed by atoms with Crippen molar-refractivity contribution in [1.82, 2.24) is 0 Å². The predicted octanol–water partition coefficient (Wildman–Crippen LogP) is 7.34. The molecule has 0 amide bonds. The number of nitrogens with zero attached hydrogens (tertiary/aromatic N) is 1. The average molecular weight is 568 g/mol. The van der Waals surface area contributed by atoms with Crippen LogP contribution < -0.4 is 9.47 Å². The fourth-order valence-electron chi connectivity index (χ4n) is 3.03. The van der Waals surface area contributed by atoms with Gasteiger partial charge in [0.05, 0.1) is 22.2 Å². The van der Waals surface area contributed by atoms with Crippen molar-refractivity contribution in [2.45, 2.75) is 6.61 Å². The molecule has 0 aromatic heterocycles. The summed E-state index contributed by atoms with van der Waals surface area (Å²) in [4.78, 5) is 16.6. The minimum absolute atomic E-state index is 0.149. The second kappa shape index (κ2) is 10.2. The summed E-state index contributed by atoms with van der Waals surface area (Å²) >= 11 is 21.8. The molecule has 3 aromatic carbocycles. The van der Waals surface area contributed by atoms with Crippen LogP contribution in [0.1, 0.15) is 16.7 Å². The van der Waals surface area contributed by atoms with Crippen LogP contribution in [0, 0.1) is 0 Å². The van der Waals surface area contributed by atoms with Gasteiger partial charge in [-0.15, -0.1) is 0 Å². The molecule has 33 heavy (non-hydrogen) atoms. The maximum absolute atomic E-state index is 12.3. The Labute approximate surface area is 213 Å². The standard InChI is InChI=1S/C24H15BrCl3NO4/c1-31-21-11-14(9-19(28)22(21)32-12-13-2-7-17(26)18(27)8-13)10-20-24(30)33-23(29-20)15-3-5-16(25)6-4-15/h2-11H,12H2,1H3/b20-10-. The molecule has 3 aromatic rings. The molecule has 0 unspecified atom stereocenters. The van der Waals surface area contributed by atoms with E-state index >= 15 is 0 Å². The highest BCUT2D eigenvalue weighted by atomic mass is 79.9. The van der Waals surface area contributed by atoms with Gasteiger partial charge in [0.2, 0.25) is 5.90 Å². The van der Waals surface area contributed by atoms with Gasteiger partial charge in [-0.05, 0) is 65.7 Å². The summed E-state index contributed by atoms with van der Waals surface area (Å²) in [5.41, 5.74) is 2.26. The van der Waals surface area contributed by atoms with E-state index in [1.165, 1.54) is 7.11 Å². The van der Waals surface area contributed by atoms with E-state index in [-0.39, 0.29) is 18.2 Å². The summed E-state index contributed by atoms with van der Waals surface area (Å²) in [5.74, 6) is 0.444. The van der Waals surface area contributed by atoms with Gasteiger partial charge in [-0.25, -0.2) is 9.79 Å². The Morgan fingerprint density at radius 2 is 1.76 bits per heavy atom. The first-order valence-electron chi connectivity index (χ1n) is 9.57. The fourth-order valence-corrected chi connectivity index (χ4v) is 3.89. The average Bonchev–Trinajstić information content (AvgIpc) is 3.15. The normalized spacial score (nSPS) is 14.3. The lowest BCUT2D eigenvalue weighted by molar-refractivity contribution is -0.129. The summed E-state index contributed by atoms with van der Waals surface area (Å²) < 4.78 is 17.5. The number of aliphatic imine (C=N–C) groups is 1. The first-order chi connectivity index (χ1) is 15.8. The van der Waals surface area contributed by atoms with Crippen LogP contribution in [0.15, 0.2) is 69.8 Å². The van der Waals surface area contributed by atoms with Crippen molar-refractivity contribution >= 4 is 68.7 Å². The molecule has 0 fully saturated rings. The van der Waals surface area contributed by atoms with Crippen molar-refractivity contribution in [3.63, 3.8) is 0 Å². The molecular weight excluding hydrogens is 553 g/mol. The number of ether oxygens (including phenoxy) is 3. The second-order valence-corrected chi connectivity index (χ2v) is 9.05. The van der Waals surface area contributed by atoms with Crippen molar-refractivity contribution in [1.29, 1.82) is 0 Å². The maximum Gasteiger partial charge on any atom is 0.363 e. The van der Waals surface area contributed by atoms with Crippen LogP contribution in [0.4, 0.5) is 0 Å². The van der Waals surface area contributed by atoms with Crippen molar-refractivity contribution in [3.05, 3.63) is 96.5 Å². The second-order valence-electron chi connectivity index (χ2n) is 6.91. The lowest BCUT2D eigenvalue weighted by Gasteiger charge is -2.14. The Hall–Kier alpha value is -2.51. The van der Waals surface area contributed by atoms with Crippen LogP contribution in [0.5, 0.6) is 11.5 Å². The molecular formula is C24H15BrCl3NO4. The van der Waals surface area contributed by atoms with Gasteiger partial charge in [-0.1, -0.05) is 56.8 Å². The van der Waals surface area contributed by atoms with Gasteiger partial charge in [0.15, 0.2) is 17.2 Å². The molecule has 0 saturated carbocycles. The molecule has 1 aliphatic rings. The van der Waals surface area contributed by atoms with E-state index in [1.807, 2.05) is 12.1 Å². The molecule has 0 spiro atoms. The number of hydrogen-bond acceptors (Lipinski definition) is 5. The van der Waals surface area contributed by atoms with E-state index in [0.29, 0.717) is 37.7 Å². The Bertz CT molecular complexity index is 1290. The smallest absolute Gasteiger partial charge is 0.363 e. The monoisotopic (exact) mass is 565 g/mol. The SMILES string of the molecule is COc1cc(/C=C2\N=C(c3ccc(Br)cc3)OC2=O)cc(Cl)c1OCc1ccc(Cl)c(Cl)c1. The van der Waals surface area contributed by atoms with Crippen molar-refractivity contribution in [2.75, 3.05) is 7.11 Å². The molecule has 4 rings (SSSR count). The summed E-state index contributed by atoms with van der Waals surface area (Å²) in [5, 5.41) is 1.21. The van der Waals surface area contributed by atoms with Crippen molar-refractivity contribution in [3.8, 4) is 11.5 Å². The Morgan fingerprint density at radius 1 is 1.00 bits per heavy atom. The number of cyclic esters (lactones) is 1. The quantitative estimate of drug-likeness (QED) is 0.231. The van der Waals surface area contributed by atoms with E-state index in [2.05, 4.69) is 20.9 Å². The summed E-state index contributed by atoms with van der Waals surface area (Å²) in [7, 11) is 1.50. The third-order valence-electron chi connectivity index (χ3n) is 4.63. The van der Waals surface area contributed by atoms with Crippen LogP contribution in [0.25, 0.3) is 6.08 Å². The third kappa shape index (κ3) is 5.53. The number of carbonyl (C=O) groups is 1. The Kier molecular flexibility index (Phi) is 7.29. The van der Waals surface area contributed by atoms with Crippen LogP contribution in [-0.2, 0) is 16.1 Å². The zero-order valence-corrected chi connectivity index (χ0v) is 20.9. The van der Waals surface area contributed by atoms with E-state index in [1.54, 1.807) is 48.5 Å². The number of halogens is 4. The van der Waals surface area contributed by atoms with Gasteiger partial charge in [0, 0.05) is 10.0 Å². The summed E-state index contributed by atoms with van der Waals surface area (Å²) in [6.45, 7) is 0.209. The zero-order chi connectivity index (χ0) is 23.5. The predicted molar refractivity (Wildman–Crippen MR) is 134 cm³/mol. The first-order valence-corrected chi connectivity index (χ1v) is 11.5. The number of hydrogen-bond donors (Lipinski definition) is 0. The molecule has 168 valence electrons. The fraction of sp³-hybridized carbons (Fsp3) is 0.0833. The third-order valence-corrected chi connectivity index (χ3v) is 6.18. The maximum atomic E-state index is 12.3. The Morgan fingerprint density at radius 3 is 2.45 bits per heavy atom. The number of esters is 1. The topological polar surface area (TPSA) is 57.1 Å². The number of methoxy groups -OCH3 is 1. The van der Waals surface area contributed by atoms with E-state index in [9.17, 15) is 4.79 Å². The van der Waals surface area contributed by atoms with E-state index < -0.39 is 5.97 Å². The molecule has 5 nitrogen and oxygen atoms in total. The largest absolute Gasteiger partial charge is 0.493 e. The molecule has 9 heteroatoms. The summed E-state index contributed by atoms with van der Waals surface area (Å²) in [6.07, 6.45) is 1.57. The number of rotatable bonds is 6. The zero-order valence-electron chi connectivity index (χ0n) is 17.1. The Balaban J connectivity index is 1.58.